The minimum Gasteiger partial charge on any atom is -0.507 e. The molecule has 7 nitrogen and oxygen atoms in total. The Morgan fingerprint density at radius 2 is 1.92 bits per heavy atom. The first kappa shape index (κ1) is 19.6. The van der Waals surface area contributed by atoms with Crippen molar-refractivity contribution in [1.29, 1.82) is 0 Å². The number of aromatic hydroxyl groups is 1. The smallest absolute Gasteiger partial charge is 0.270 e. The molecule has 0 heterocycles. The largest absolute Gasteiger partial charge is 0.507 e. The van der Waals surface area contributed by atoms with Gasteiger partial charge in [-0.1, -0.05) is 45.4 Å². The summed E-state index contributed by atoms with van der Waals surface area (Å²) in [4.78, 5) is 21.8. The van der Waals surface area contributed by atoms with Gasteiger partial charge in [-0.3, -0.25) is 14.9 Å². The number of non-ortho nitro benzene ring substituents is 1. The minimum atomic E-state index is -0.560. The van der Waals surface area contributed by atoms with Gasteiger partial charge in [0, 0.05) is 24.1 Å². The molecule has 1 aromatic carbocycles. The molecule has 0 unspecified atom stereocenters. The van der Waals surface area contributed by atoms with Crippen LogP contribution >= 0.6 is 0 Å². The number of hydrazone groups is 1. The summed E-state index contributed by atoms with van der Waals surface area (Å²) in [5.74, 6) is -0.338. The number of hydrogen-bond donors (Lipinski definition) is 2. The fourth-order valence-electron chi connectivity index (χ4n) is 2.23. The van der Waals surface area contributed by atoms with E-state index >= 15 is 0 Å². The zero-order chi connectivity index (χ0) is 17.8. The van der Waals surface area contributed by atoms with E-state index in [2.05, 4.69) is 17.5 Å². The summed E-state index contributed by atoms with van der Waals surface area (Å²) in [7, 11) is 0. The number of nitrogens with one attached hydrogen (secondary N) is 1. The number of amides is 1. The van der Waals surface area contributed by atoms with Crippen molar-refractivity contribution in [3.8, 4) is 5.75 Å². The standard InChI is InChI=1S/C17H25N3O4/c1-2-3-4-5-6-7-8-9-17(22)19-18-13-14-12-15(20(23)24)10-11-16(14)21/h10-13,21H,2-9H2,1H3,(H,19,22)/b18-13+. The molecule has 0 radical (unpaired) electrons. The highest BCUT2D eigenvalue weighted by Crippen LogP contribution is 2.21. The number of unbranched alkanes of at least 4 members (excludes halogenated alkanes) is 6. The van der Waals surface area contributed by atoms with Gasteiger partial charge in [-0.2, -0.15) is 5.10 Å². The molecule has 0 aliphatic rings. The van der Waals surface area contributed by atoms with Crippen LogP contribution in [0.5, 0.6) is 5.75 Å². The minimum absolute atomic E-state index is 0.134. The molecule has 1 rings (SSSR count). The number of rotatable bonds is 11. The number of hydrogen-bond acceptors (Lipinski definition) is 5. The monoisotopic (exact) mass is 335 g/mol. The molecule has 2 N–H and O–H groups in total. The number of nitrogens with zero attached hydrogens (tertiary/aromatic N) is 2. The van der Waals surface area contributed by atoms with Crippen molar-refractivity contribution in [1.82, 2.24) is 5.43 Å². The second-order valence-electron chi connectivity index (χ2n) is 5.66. The molecular formula is C17H25N3O4. The average Bonchev–Trinajstić information content (AvgIpc) is 2.55. The van der Waals surface area contributed by atoms with Crippen molar-refractivity contribution in [2.24, 2.45) is 5.10 Å². The maximum absolute atomic E-state index is 11.6. The summed E-state index contributed by atoms with van der Waals surface area (Å²) in [6.45, 7) is 2.18. The third-order valence-electron chi connectivity index (χ3n) is 3.62. The lowest BCUT2D eigenvalue weighted by molar-refractivity contribution is -0.384. The van der Waals surface area contributed by atoms with E-state index in [1.807, 2.05) is 0 Å². The van der Waals surface area contributed by atoms with Gasteiger partial charge in [0.25, 0.3) is 5.69 Å². The molecule has 7 heteroatoms. The number of nitro groups is 1. The van der Waals surface area contributed by atoms with Crippen LogP contribution in [0.25, 0.3) is 0 Å². The molecule has 0 saturated heterocycles. The van der Waals surface area contributed by atoms with Crippen molar-refractivity contribution in [2.45, 2.75) is 58.3 Å². The van der Waals surface area contributed by atoms with Crippen molar-refractivity contribution in [2.75, 3.05) is 0 Å². The lowest BCUT2D eigenvalue weighted by Crippen LogP contribution is -2.16. The van der Waals surface area contributed by atoms with Crippen LogP contribution in [0.4, 0.5) is 5.69 Å². The Morgan fingerprint density at radius 3 is 2.58 bits per heavy atom. The quantitative estimate of drug-likeness (QED) is 0.277. The Kier molecular flexibility index (Phi) is 9.11. The molecule has 0 fully saturated rings. The van der Waals surface area contributed by atoms with Crippen LogP contribution in [0, 0.1) is 10.1 Å². The van der Waals surface area contributed by atoms with E-state index < -0.39 is 4.92 Å². The summed E-state index contributed by atoms with van der Waals surface area (Å²) in [5.41, 5.74) is 2.40. The van der Waals surface area contributed by atoms with E-state index in [0.717, 1.165) is 19.3 Å². The van der Waals surface area contributed by atoms with Crippen LogP contribution in [0.2, 0.25) is 0 Å². The molecule has 0 aliphatic heterocycles. The van der Waals surface area contributed by atoms with Gasteiger partial charge in [-0.25, -0.2) is 5.43 Å². The molecule has 1 aromatic rings. The van der Waals surface area contributed by atoms with E-state index in [-0.39, 0.29) is 22.9 Å². The van der Waals surface area contributed by atoms with Gasteiger partial charge in [-0.05, 0) is 12.5 Å². The first-order valence-corrected chi connectivity index (χ1v) is 8.34. The molecule has 0 bridgehead atoms. The number of nitro benzene ring substituents is 1. The van der Waals surface area contributed by atoms with E-state index in [1.165, 1.54) is 50.1 Å². The fourth-order valence-corrected chi connectivity index (χ4v) is 2.23. The van der Waals surface area contributed by atoms with E-state index in [0.29, 0.717) is 6.42 Å². The summed E-state index contributed by atoms with van der Waals surface area (Å²) >= 11 is 0. The average molecular weight is 335 g/mol. The topological polar surface area (TPSA) is 105 Å². The van der Waals surface area contributed by atoms with Crippen molar-refractivity contribution >= 4 is 17.8 Å². The Hall–Kier alpha value is -2.44. The van der Waals surface area contributed by atoms with Crippen LogP contribution in [-0.2, 0) is 4.79 Å². The SMILES string of the molecule is CCCCCCCCCC(=O)N/N=C/c1cc([N+](=O)[O-])ccc1O. The summed E-state index contributed by atoms with van der Waals surface area (Å²) in [6, 6.07) is 3.62. The lowest BCUT2D eigenvalue weighted by atomic mass is 10.1. The Labute approximate surface area is 141 Å². The van der Waals surface area contributed by atoms with E-state index in [1.54, 1.807) is 0 Å². The summed E-state index contributed by atoms with van der Waals surface area (Å²) in [5, 5.41) is 24.0. The zero-order valence-electron chi connectivity index (χ0n) is 14.0. The van der Waals surface area contributed by atoms with Crippen LogP contribution in [0.3, 0.4) is 0 Å². The first-order valence-electron chi connectivity index (χ1n) is 8.34. The molecule has 0 aromatic heterocycles. The molecular weight excluding hydrogens is 310 g/mol. The molecule has 0 aliphatic carbocycles. The van der Waals surface area contributed by atoms with Crippen molar-refractivity contribution < 1.29 is 14.8 Å². The van der Waals surface area contributed by atoms with Crippen LogP contribution in [-0.4, -0.2) is 22.2 Å². The van der Waals surface area contributed by atoms with Gasteiger partial charge in [0.05, 0.1) is 11.1 Å². The number of benzene rings is 1. The third kappa shape index (κ3) is 7.71. The predicted molar refractivity (Wildman–Crippen MR) is 93.1 cm³/mol. The predicted octanol–water partition coefficient (Wildman–Crippen LogP) is 3.89. The second-order valence-corrected chi connectivity index (χ2v) is 5.66. The highest BCUT2D eigenvalue weighted by Gasteiger charge is 2.08. The first-order chi connectivity index (χ1) is 11.5. The van der Waals surface area contributed by atoms with E-state index in [4.69, 9.17) is 0 Å². The molecule has 0 atom stereocenters. The Bertz CT molecular complexity index is 573. The van der Waals surface area contributed by atoms with Crippen molar-refractivity contribution in [3.05, 3.63) is 33.9 Å². The van der Waals surface area contributed by atoms with Crippen LogP contribution in [0.15, 0.2) is 23.3 Å². The van der Waals surface area contributed by atoms with Gasteiger partial charge in [-0.15, -0.1) is 0 Å². The van der Waals surface area contributed by atoms with Gasteiger partial charge in [0.15, 0.2) is 0 Å². The van der Waals surface area contributed by atoms with E-state index in [9.17, 15) is 20.0 Å². The molecule has 24 heavy (non-hydrogen) atoms. The van der Waals surface area contributed by atoms with Crippen molar-refractivity contribution in [3.63, 3.8) is 0 Å². The summed E-state index contributed by atoms with van der Waals surface area (Å²) in [6.07, 6.45) is 9.51. The lowest BCUT2D eigenvalue weighted by Gasteiger charge is -2.02. The Morgan fingerprint density at radius 1 is 1.25 bits per heavy atom. The van der Waals surface area contributed by atoms with Gasteiger partial charge in [0.2, 0.25) is 5.91 Å². The number of carbonyl (C=O) groups is 1. The molecule has 0 saturated carbocycles. The number of phenols is 1. The third-order valence-corrected chi connectivity index (χ3v) is 3.62. The summed E-state index contributed by atoms with van der Waals surface area (Å²) < 4.78 is 0. The number of phenolic OH excluding ortho intramolecular Hbond substituents is 1. The fraction of sp³-hybridized carbons (Fsp3) is 0.529. The molecule has 132 valence electrons. The van der Waals surface area contributed by atoms with Gasteiger partial charge < -0.3 is 5.11 Å². The normalized spacial score (nSPS) is 10.9. The van der Waals surface area contributed by atoms with Gasteiger partial charge >= 0.3 is 0 Å². The zero-order valence-corrected chi connectivity index (χ0v) is 14.0. The Balaban J connectivity index is 2.30. The van der Waals surface area contributed by atoms with Crippen LogP contribution < -0.4 is 5.43 Å². The molecule has 0 spiro atoms. The number of carbonyl (C=O) groups excluding carboxylic acids is 1. The maximum atomic E-state index is 11.6. The van der Waals surface area contributed by atoms with Crippen LogP contribution in [0.1, 0.15) is 63.9 Å². The highest BCUT2D eigenvalue weighted by molar-refractivity contribution is 5.85. The molecule has 1 amide bonds. The highest BCUT2D eigenvalue weighted by atomic mass is 16.6. The maximum Gasteiger partial charge on any atom is 0.270 e. The second kappa shape index (κ2) is 11.2. The van der Waals surface area contributed by atoms with Gasteiger partial charge in [0.1, 0.15) is 5.75 Å².